The van der Waals surface area contributed by atoms with Gasteiger partial charge in [-0.05, 0) is 30.7 Å². The standard InChI is InChI=1S/C14H10ClN3/c1-9-4-5-12(17-7-9)11-8-18-14(15)10-3-2-6-16-13(10)11/h2-8H,1H3. The highest BCUT2D eigenvalue weighted by molar-refractivity contribution is 6.34. The zero-order valence-electron chi connectivity index (χ0n) is 9.76. The molecule has 0 aliphatic rings. The van der Waals surface area contributed by atoms with E-state index in [-0.39, 0.29) is 0 Å². The van der Waals surface area contributed by atoms with E-state index in [9.17, 15) is 0 Å². The lowest BCUT2D eigenvalue weighted by Gasteiger charge is -2.06. The first-order valence-electron chi connectivity index (χ1n) is 5.58. The fraction of sp³-hybridized carbons (Fsp3) is 0.0714. The van der Waals surface area contributed by atoms with Crippen molar-refractivity contribution in [2.45, 2.75) is 6.92 Å². The number of rotatable bonds is 1. The summed E-state index contributed by atoms with van der Waals surface area (Å²) in [5.41, 5.74) is 3.70. The number of hydrogen-bond donors (Lipinski definition) is 0. The Morgan fingerprint density at radius 3 is 2.67 bits per heavy atom. The topological polar surface area (TPSA) is 38.7 Å². The second-order valence-corrected chi connectivity index (χ2v) is 4.44. The van der Waals surface area contributed by atoms with E-state index in [1.165, 1.54) is 0 Å². The third-order valence-corrected chi connectivity index (χ3v) is 3.08. The van der Waals surface area contributed by atoms with Crippen molar-refractivity contribution in [2.75, 3.05) is 0 Å². The van der Waals surface area contributed by atoms with Gasteiger partial charge >= 0.3 is 0 Å². The van der Waals surface area contributed by atoms with Crippen LogP contribution in [0.25, 0.3) is 22.2 Å². The lowest BCUT2D eigenvalue weighted by atomic mass is 10.1. The molecule has 88 valence electrons. The number of fused-ring (bicyclic) bond motifs is 1. The van der Waals surface area contributed by atoms with Gasteiger partial charge in [-0.25, -0.2) is 4.98 Å². The number of nitrogens with zero attached hydrogens (tertiary/aromatic N) is 3. The van der Waals surface area contributed by atoms with Crippen LogP contribution in [0.3, 0.4) is 0 Å². The number of aryl methyl sites for hydroxylation is 1. The Morgan fingerprint density at radius 2 is 1.89 bits per heavy atom. The summed E-state index contributed by atoms with van der Waals surface area (Å²) >= 11 is 6.07. The average Bonchev–Trinajstić information content (AvgIpc) is 2.41. The lowest BCUT2D eigenvalue weighted by Crippen LogP contribution is -1.90. The van der Waals surface area contributed by atoms with Crippen molar-refractivity contribution in [1.29, 1.82) is 0 Å². The van der Waals surface area contributed by atoms with Crippen LogP contribution in [0.15, 0.2) is 42.9 Å². The highest BCUT2D eigenvalue weighted by atomic mass is 35.5. The normalized spacial score (nSPS) is 10.8. The molecule has 0 aromatic carbocycles. The van der Waals surface area contributed by atoms with Crippen LogP contribution < -0.4 is 0 Å². The summed E-state index contributed by atoms with van der Waals surface area (Å²) in [6, 6.07) is 7.75. The Morgan fingerprint density at radius 1 is 1.00 bits per heavy atom. The van der Waals surface area contributed by atoms with Gasteiger partial charge in [0.15, 0.2) is 0 Å². The maximum Gasteiger partial charge on any atom is 0.138 e. The van der Waals surface area contributed by atoms with Gasteiger partial charge in [-0.1, -0.05) is 17.7 Å². The fourth-order valence-corrected chi connectivity index (χ4v) is 2.05. The molecule has 3 aromatic rings. The van der Waals surface area contributed by atoms with Gasteiger partial charge < -0.3 is 0 Å². The molecule has 0 atom stereocenters. The molecule has 18 heavy (non-hydrogen) atoms. The molecule has 3 heterocycles. The first-order chi connectivity index (χ1) is 8.75. The van der Waals surface area contributed by atoms with E-state index in [2.05, 4.69) is 15.0 Å². The summed E-state index contributed by atoms with van der Waals surface area (Å²) in [6.07, 6.45) is 5.30. The van der Waals surface area contributed by atoms with Crippen LogP contribution in [0.5, 0.6) is 0 Å². The van der Waals surface area contributed by atoms with E-state index < -0.39 is 0 Å². The summed E-state index contributed by atoms with van der Waals surface area (Å²) in [6.45, 7) is 2.01. The molecule has 0 aliphatic heterocycles. The minimum absolute atomic E-state index is 0.467. The van der Waals surface area contributed by atoms with Crippen molar-refractivity contribution in [3.8, 4) is 11.3 Å². The minimum Gasteiger partial charge on any atom is -0.256 e. The monoisotopic (exact) mass is 255 g/mol. The van der Waals surface area contributed by atoms with Gasteiger partial charge in [-0.3, -0.25) is 9.97 Å². The zero-order chi connectivity index (χ0) is 12.5. The molecular formula is C14H10ClN3. The Hall–Kier alpha value is -2.00. The van der Waals surface area contributed by atoms with Gasteiger partial charge in [0.25, 0.3) is 0 Å². The van der Waals surface area contributed by atoms with Crippen molar-refractivity contribution < 1.29 is 0 Å². The SMILES string of the molecule is Cc1ccc(-c2cnc(Cl)c3cccnc23)nc1. The summed E-state index contributed by atoms with van der Waals surface area (Å²) in [7, 11) is 0. The summed E-state index contributed by atoms with van der Waals surface area (Å²) in [5.74, 6) is 0. The molecule has 0 saturated heterocycles. The Labute approximate surface area is 109 Å². The number of pyridine rings is 3. The van der Waals surface area contributed by atoms with E-state index in [1.807, 2.05) is 37.4 Å². The largest absolute Gasteiger partial charge is 0.256 e. The number of aromatic nitrogens is 3. The Bertz CT molecular complexity index is 708. The van der Waals surface area contributed by atoms with E-state index in [1.54, 1.807) is 12.4 Å². The summed E-state index contributed by atoms with van der Waals surface area (Å²) in [4.78, 5) is 13.0. The van der Waals surface area contributed by atoms with Crippen LogP contribution >= 0.6 is 11.6 Å². The van der Waals surface area contributed by atoms with Gasteiger partial charge in [0.2, 0.25) is 0 Å². The third-order valence-electron chi connectivity index (χ3n) is 2.78. The Kier molecular flexibility index (Phi) is 2.68. The van der Waals surface area contributed by atoms with Crippen molar-refractivity contribution in [2.24, 2.45) is 0 Å². The third kappa shape index (κ3) is 1.83. The van der Waals surface area contributed by atoms with Gasteiger partial charge in [-0.2, -0.15) is 0 Å². The first-order valence-corrected chi connectivity index (χ1v) is 5.96. The first kappa shape index (κ1) is 11.1. The molecule has 0 aliphatic carbocycles. The van der Waals surface area contributed by atoms with Gasteiger partial charge in [0, 0.05) is 29.5 Å². The predicted octanol–water partition coefficient (Wildman–Crippen LogP) is 3.65. The molecule has 0 fully saturated rings. The Balaban J connectivity index is 2.30. The van der Waals surface area contributed by atoms with Crippen LogP contribution in [-0.4, -0.2) is 15.0 Å². The van der Waals surface area contributed by atoms with Gasteiger partial charge in [0.1, 0.15) is 5.15 Å². The maximum atomic E-state index is 6.07. The van der Waals surface area contributed by atoms with E-state index in [0.29, 0.717) is 5.15 Å². The minimum atomic E-state index is 0.467. The molecule has 3 rings (SSSR count). The van der Waals surface area contributed by atoms with Crippen LogP contribution in [0.2, 0.25) is 5.15 Å². The van der Waals surface area contributed by atoms with Crippen molar-refractivity contribution in [3.05, 3.63) is 53.6 Å². The molecule has 0 unspecified atom stereocenters. The summed E-state index contributed by atoms with van der Waals surface area (Å²) < 4.78 is 0. The molecule has 0 bridgehead atoms. The maximum absolute atomic E-state index is 6.07. The highest BCUT2D eigenvalue weighted by Crippen LogP contribution is 2.28. The molecule has 0 N–H and O–H groups in total. The van der Waals surface area contributed by atoms with E-state index in [4.69, 9.17) is 11.6 Å². The molecule has 3 aromatic heterocycles. The molecule has 0 radical (unpaired) electrons. The average molecular weight is 256 g/mol. The highest BCUT2D eigenvalue weighted by Gasteiger charge is 2.09. The van der Waals surface area contributed by atoms with E-state index in [0.717, 1.165) is 27.7 Å². The molecule has 0 amide bonds. The quantitative estimate of drug-likeness (QED) is 0.623. The van der Waals surface area contributed by atoms with Gasteiger partial charge in [-0.15, -0.1) is 0 Å². The van der Waals surface area contributed by atoms with Gasteiger partial charge in [0.05, 0.1) is 11.2 Å². The molecule has 0 spiro atoms. The van der Waals surface area contributed by atoms with Crippen molar-refractivity contribution in [3.63, 3.8) is 0 Å². The van der Waals surface area contributed by atoms with Crippen LogP contribution in [-0.2, 0) is 0 Å². The molecule has 3 nitrogen and oxygen atoms in total. The molecule has 4 heteroatoms. The van der Waals surface area contributed by atoms with Crippen LogP contribution in [0.1, 0.15) is 5.56 Å². The smallest absolute Gasteiger partial charge is 0.138 e. The molecular weight excluding hydrogens is 246 g/mol. The zero-order valence-corrected chi connectivity index (χ0v) is 10.5. The number of halogens is 1. The van der Waals surface area contributed by atoms with Crippen LogP contribution in [0, 0.1) is 6.92 Å². The van der Waals surface area contributed by atoms with E-state index >= 15 is 0 Å². The van der Waals surface area contributed by atoms with Crippen molar-refractivity contribution >= 4 is 22.5 Å². The van der Waals surface area contributed by atoms with Crippen molar-refractivity contribution in [1.82, 2.24) is 15.0 Å². The number of hydrogen-bond acceptors (Lipinski definition) is 3. The second kappa shape index (κ2) is 4.35. The summed E-state index contributed by atoms with van der Waals surface area (Å²) in [5, 5.41) is 1.31. The fourth-order valence-electron chi connectivity index (χ4n) is 1.85. The second-order valence-electron chi connectivity index (χ2n) is 4.08. The lowest BCUT2D eigenvalue weighted by molar-refractivity contribution is 1.25. The molecule has 0 saturated carbocycles. The van der Waals surface area contributed by atoms with Crippen LogP contribution in [0.4, 0.5) is 0 Å². The predicted molar refractivity (Wildman–Crippen MR) is 72.5 cm³/mol.